The van der Waals surface area contributed by atoms with Crippen molar-refractivity contribution >= 4 is 17.7 Å². The van der Waals surface area contributed by atoms with Crippen LogP contribution in [0.5, 0.6) is 0 Å². The summed E-state index contributed by atoms with van der Waals surface area (Å²) in [4.78, 5) is 18.9. The van der Waals surface area contributed by atoms with Crippen molar-refractivity contribution in [3.63, 3.8) is 0 Å². The minimum Gasteiger partial charge on any atom is -0.338 e. The van der Waals surface area contributed by atoms with Crippen LogP contribution >= 0.6 is 11.8 Å². The molecule has 2 atom stereocenters. The standard InChI is InChI=1S/C15H24N4OS/c1-10-16-13(18-17-10)21-7-12(20)19-9-15(4)6-11(19)5-14(2,3)8-15/h11H,5-9H2,1-4H3,(H,16,17,18)/t11-,15-/m1/s1. The van der Waals surface area contributed by atoms with Crippen LogP contribution in [0.25, 0.3) is 0 Å². The fraction of sp³-hybridized carbons (Fsp3) is 0.800. The molecule has 5 nitrogen and oxygen atoms in total. The SMILES string of the molecule is Cc1nc(SCC(=O)N2C[C@]3(C)C[C@H]2CC(C)(C)C3)n[nH]1. The minimum absolute atomic E-state index is 0.230. The number of rotatable bonds is 3. The lowest BCUT2D eigenvalue weighted by molar-refractivity contribution is -0.129. The highest BCUT2D eigenvalue weighted by Crippen LogP contribution is 2.52. The Morgan fingerprint density at radius 1 is 1.43 bits per heavy atom. The molecule has 0 aromatic carbocycles. The Balaban J connectivity index is 1.63. The monoisotopic (exact) mass is 308 g/mol. The number of hydrogen-bond donors (Lipinski definition) is 1. The molecule has 0 unspecified atom stereocenters. The number of aromatic nitrogens is 3. The molecule has 1 saturated carbocycles. The molecule has 2 aliphatic rings. The lowest BCUT2D eigenvalue weighted by atomic mass is 9.65. The molecule has 3 rings (SSSR count). The van der Waals surface area contributed by atoms with Gasteiger partial charge in [0.15, 0.2) is 0 Å². The van der Waals surface area contributed by atoms with Gasteiger partial charge >= 0.3 is 0 Å². The van der Waals surface area contributed by atoms with Gasteiger partial charge in [0.05, 0.1) is 5.75 Å². The molecule has 2 bridgehead atoms. The number of H-pyrrole nitrogens is 1. The van der Waals surface area contributed by atoms with Gasteiger partial charge in [-0.3, -0.25) is 9.89 Å². The molecule has 1 aromatic rings. The van der Waals surface area contributed by atoms with Crippen molar-refractivity contribution in [1.82, 2.24) is 20.1 Å². The minimum atomic E-state index is 0.230. The van der Waals surface area contributed by atoms with Crippen LogP contribution in [0, 0.1) is 17.8 Å². The Kier molecular flexibility index (Phi) is 3.55. The van der Waals surface area contributed by atoms with Crippen molar-refractivity contribution in [3.8, 4) is 0 Å². The average molecular weight is 308 g/mol. The Morgan fingerprint density at radius 2 is 2.19 bits per heavy atom. The Bertz CT molecular complexity index is 556. The zero-order valence-electron chi connectivity index (χ0n) is 13.3. The molecule has 2 fully saturated rings. The lowest BCUT2D eigenvalue weighted by Crippen LogP contribution is -2.38. The highest BCUT2D eigenvalue weighted by molar-refractivity contribution is 7.99. The number of aromatic amines is 1. The summed E-state index contributed by atoms with van der Waals surface area (Å²) in [5, 5.41) is 7.54. The molecule has 116 valence electrons. The molecule has 6 heteroatoms. The summed E-state index contributed by atoms with van der Waals surface area (Å²) in [5.74, 6) is 1.45. The molecular formula is C15H24N4OS. The van der Waals surface area contributed by atoms with E-state index in [4.69, 9.17) is 0 Å². The fourth-order valence-electron chi connectivity index (χ4n) is 4.35. The molecular weight excluding hydrogens is 284 g/mol. The van der Waals surface area contributed by atoms with Crippen LogP contribution in [0.3, 0.4) is 0 Å². The number of aryl methyl sites for hydroxylation is 1. The van der Waals surface area contributed by atoms with Crippen LogP contribution < -0.4 is 0 Å². The van der Waals surface area contributed by atoms with Crippen LogP contribution in [-0.4, -0.2) is 44.3 Å². The summed E-state index contributed by atoms with van der Waals surface area (Å²) in [7, 11) is 0. The average Bonchev–Trinajstić information content (AvgIpc) is 2.86. The first-order valence-corrected chi connectivity index (χ1v) is 8.56. The quantitative estimate of drug-likeness (QED) is 0.872. The first-order valence-electron chi connectivity index (χ1n) is 7.58. The van der Waals surface area contributed by atoms with E-state index in [0.717, 1.165) is 25.2 Å². The second kappa shape index (κ2) is 5.00. The largest absolute Gasteiger partial charge is 0.338 e. The van der Waals surface area contributed by atoms with E-state index in [0.29, 0.717) is 27.8 Å². The Labute approximate surface area is 130 Å². The lowest BCUT2D eigenvalue weighted by Gasteiger charge is -2.39. The van der Waals surface area contributed by atoms with E-state index in [-0.39, 0.29) is 5.91 Å². The van der Waals surface area contributed by atoms with Gasteiger partial charge in [-0.15, -0.1) is 5.10 Å². The van der Waals surface area contributed by atoms with Crippen molar-refractivity contribution in [1.29, 1.82) is 0 Å². The maximum atomic E-state index is 12.6. The summed E-state index contributed by atoms with van der Waals surface area (Å²) < 4.78 is 0. The number of likely N-dealkylation sites (tertiary alicyclic amines) is 1. The molecule has 1 aromatic heterocycles. The fourth-order valence-corrected chi connectivity index (χ4v) is 5.08. The number of carbonyl (C=O) groups excluding carboxylic acids is 1. The zero-order valence-corrected chi connectivity index (χ0v) is 14.1. The molecule has 21 heavy (non-hydrogen) atoms. The van der Waals surface area contributed by atoms with Crippen LogP contribution in [0.4, 0.5) is 0 Å². The van der Waals surface area contributed by atoms with E-state index < -0.39 is 0 Å². The van der Waals surface area contributed by atoms with Crippen LogP contribution in [0.2, 0.25) is 0 Å². The summed E-state index contributed by atoms with van der Waals surface area (Å²) in [6, 6.07) is 0.417. The van der Waals surface area contributed by atoms with Gasteiger partial charge < -0.3 is 4.90 Å². The van der Waals surface area contributed by atoms with Crippen molar-refractivity contribution in [2.75, 3.05) is 12.3 Å². The molecule has 1 aliphatic heterocycles. The van der Waals surface area contributed by atoms with E-state index in [9.17, 15) is 4.79 Å². The predicted octanol–water partition coefficient (Wildman–Crippen LogP) is 2.63. The molecule has 1 N–H and O–H groups in total. The number of thioether (sulfide) groups is 1. The summed E-state index contributed by atoms with van der Waals surface area (Å²) in [6.45, 7) is 9.77. The number of nitrogens with zero attached hydrogens (tertiary/aromatic N) is 3. The maximum Gasteiger partial charge on any atom is 0.233 e. The number of nitrogens with one attached hydrogen (secondary N) is 1. The smallest absolute Gasteiger partial charge is 0.233 e. The van der Waals surface area contributed by atoms with Gasteiger partial charge in [-0.25, -0.2) is 4.98 Å². The molecule has 1 amide bonds. The second-order valence-electron chi connectivity index (χ2n) is 7.73. The van der Waals surface area contributed by atoms with Gasteiger partial charge in [-0.05, 0) is 37.0 Å². The Hall–Kier alpha value is -1.04. The third-order valence-electron chi connectivity index (χ3n) is 4.64. The maximum absolute atomic E-state index is 12.6. The Morgan fingerprint density at radius 3 is 2.86 bits per heavy atom. The van der Waals surface area contributed by atoms with Gasteiger partial charge in [0.25, 0.3) is 0 Å². The molecule has 1 aliphatic carbocycles. The number of hydrogen-bond acceptors (Lipinski definition) is 4. The van der Waals surface area contributed by atoms with Gasteiger partial charge in [0.1, 0.15) is 5.82 Å². The van der Waals surface area contributed by atoms with E-state index in [2.05, 4.69) is 40.9 Å². The van der Waals surface area contributed by atoms with Gasteiger partial charge in [0, 0.05) is 12.6 Å². The molecule has 2 heterocycles. The first-order chi connectivity index (χ1) is 9.76. The van der Waals surface area contributed by atoms with Crippen LogP contribution in [-0.2, 0) is 4.79 Å². The number of fused-ring (bicyclic) bond motifs is 2. The van der Waals surface area contributed by atoms with E-state index in [1.807, 2.05) is 6.92 Å². The highest BCUT2D eigenvalue weighted by atomic mass is 32.2. The van der Waals surface area contributed by atoms with Crippen molar-refractivity contribution < 1.29 is 4.79 Å². The third-order valence-corrected chi connectivity index (χ3v) is 5.47. The predicted molar refractivity (Wildman–Crippen MR) is 83.1 cm³/mol. The normalized spacial score (nSPS) is 30.7. The summed E-state index contributed by atoms with van der Waals surface area (Å²) >= 11 is 1.42. The second-order valence-corrected chi connectivity index (χ2v) is 8.67. The number of carbonyl (C=O) groups is 1. The van der Waals surface area contributed by atoms with E-state index in [1.165, 1.54) is 18.2 Å². The topological polar surface area (TPSA) is 61.9 Å². The van der Waals surface area contributed by atoms with Crippen LogP contribution in [0.15, 0.2) is 5.16 Å². The van der Waals surface area contributed by atoms with E-state index in [1.54, 1.807) is 0 Å². The zero-order chi connectivity index (χ0) is 15.3. The summed E-state index contributed by atoms with van der Waals surface area (Å²) in [6.07, 6.45) is 3.50. The molecule has 0 radical (unpaired) electrons. The molecule has 1 saturated heterocycles. The third kappa shape index (κ3) is 3.10. The van der Waals surface area contributed by atoms with Crippen molar-refractivity contribution in [3.05, 3.63) is 5.82 Å². The highest BCUT2D eigenvalue weighted by Gasteiger charge is 2.50. The van der Waals surface area contributed by atoms with Gasteiger partial charge in [0.2, 0.25) is 11.1 Å². The van der Waals surface area contributed by atoms with Crippen molar-refractivity contribution in [2.24, 2.45) is 10.8 Å². The van der Waals surface area contributed by atoms with Crippen LogP contribution in [0.1, 0.15) is 45.9 Å². The number of amides is 1. The molecule has 0 spiro atoms. The van der Waals surface area contributed by atoms with Crippen molar-refractivity contribution in [2.45, 2.75) is 58.2 Å². The summed E-state index contributed by atoms with van der Waals surface area (Å²) in [5.41, 5.74) is 0.647. The van der Waals surface area contributed by atoms with Gasteiger partial charge in [-0.2, -0.15) is 0 Å². The van der Waals surface area contributed by atoms with E-state index >= 15 is 0 Å². The first kappa shape index (κ1) is 14.9. The van der Waals surface area contributed by atoms with Gasteiger partial charge in [-0.1, -0.05) is 32.5 Å².